The second-order valence-corrected chi connectivity index (χ2v) is 5.71. The maximum atomic E-state index is 10.5. The van der Waals surface area contributed by atoms with Crippen LogP contribution in [0.3, 0.4) is 0 Å². The quantitative estimate of drug-likeness (QED) is 0.751. The summed E-state index contributed by atoms with van der Waals surface area (Å²) in [6.45, 7) is 1.30. The highest BCUT2D eigenvalue weighted by Gasteiger charge is 2.30. The van der Waals surface area contributed by atoms with Crippen molar-refractivity contribution in [1.82, 2.24) is 5.32 Å². The van der Waals surface area contributed by atoms with E-state index in [4.69, 9.17) is 10.5 Å². The second-order valence-electron chi connectivity index (χ2n) is 4.86. The van der Waals surface area contributed by atoms with Gasteiger partial charge in [0.15, 0.2) is 0 Å². The van der Waals surface area contributed by atoms with Crippen LogP contribution in [0.25, 0.3) is 0 Å². The molecule has 19 heavy (non-hydrogen) atoms. The number of benzene rings is 1. The van der Waals surface area contributed by atoms with Crippen molar-refractivity contribution in [3.8, 4) is 0 Å². The van der Waals surface area contributed by atoms with E-state index in [2.05, 4.69) is 39.4 Å². The first-order valence-electron chi connectivity index (χ1n) is 6.50. The van der Waals surface area contributed by atoms with Gasteiger partial charge in [0.2, 0.25) is 5.91 Å². The third-order valence-corrected chi connectivity index (χ3v) is 4.13. The van der Waals surface area contributed by atoms with Gasteiger partial charge in [-0.1, -0.05) is 34.1 Å². The molecule has 3 N–H and O–H groups in total. The van der Waals surface area contributed by atoms with Crippen molar-refractivity contribution in [2.75, 3.05) is 19.8 Å². The van der Waals surface area contributed by atoms with Crippen LogP contribution in [0.5, 0.6) is 0 Å². The Bertz CT molecular complexity index is 433. The number of carbonyl (C=O) groups is 1. The fraction of sp³-hybridized carbons (Fsp3) is 0.500. The van der Waals surface area contributed by atoms with Crippen LogP contribution in [0, 0.1) is 0 Å². The van der Waals surface area contributed by atoms with Gasteiger partial charge >= 0.3 is 0 Å². The zero-order valence-corrected chi connectivity index (χ0v) is 12.4. The van der Waals surface area contributed by atoms with Crippen LogP contribution in [0.15, 0.2) is 28.7 Å². The molecule has 1 aromatic rings. The van der Waals surface area contributed by atoms with Crippen molar-refractivity contribution in [1.29, 1.82) is 0 Å². The second kappa shape index (κ2) is 7.03. The molecule has 2 rings (SSSR count). The largest absolute Gasteiger partial charge is 0.370 e. The topological polar surface area (TPSA) is 64.4 Å². The Labute approximate surface area is 121 Å². The Kier molecular flexibility index (Phi) is 5.36. The number of nitrogens with two attached hydrogens (primary N) is 1. The monoisotopic (exact) mass is 326 g/mol. The molecular formula is C14H19BrN2O2. The first-order valence-corrected chi connectivity index (χ1v) is 7.30. The van der Waals surface area contributed by atoms with E-state index in [1.807, 2.05) is 6.07 Å². The minimum absolute atomic E-state index is 0.00589. The lowest BCUT2D eigenvalue weighted by Gasteiger charge is -2.37. The van der Waals surface area contributed by atoms with Crippen LogP contribution < -0.4 is 11.1 Å². The summed E-state index contributed by atoms with van der Waals surface area (Å²) in [5, 5.41) is 3.42. The number of halogens is 1. The van der Waals surface area contributed by atoms with Gasteiger partial charge in [0.25, 0.3) is 0 Å². The van der Waals surface area contributed by atoms with E-state index in [9.17, 15) is 4.79 Å². The lowest BCUT2D eigenvalue weighted by Crippen LogP contribution is -2.41. The maximum absolute atomic E-state index is 10.5. The fourth-order valence-corrected chi connectivity index (χ4v) is 2.96. The molecule has 0 spiro atoms. The summed E-state index contributed by atoms with van der Waals surface area (Å²) >= 11 is 3.59. The predicted molar refractivity (Wildman–Crippen MR) is 77.9 cm³/mol. The summed E-state index contributed by atoms with van der Waals surface area (Å²) in [6, 6.07) is 8.94. The third-order valence-electron chi connectivity index (χ3n) is 3.41. The zero-order valence-electron chi connectivity index (χ0n) is 10.8. The Morgan fingerprint density at radius 3 is 2.84 bits per heavy atom. The van der Waals surface area contributed by atoms with Gasteiger partial charge in [0.1, 0.15) is 6.61 Å². The van der Waals surface area contributed by atoms with Crippen molar-refractivity contribution < 1.29 is 9.53 Å². The van der Waals surface area contributed by atoms with E-state index in [0.717, 1.165) is 19.4 Å². The molecule has 1 aliphatic rings. The van der Waals surface area contributed by atoms with Gasteiger partial charge in [-0.2, -0.15) is 0 Å². The smallest absolute Gasteiger partial charge is 0.243 e. The highest BCUT2D eigenvalue weighted by atomic mass is 79.9. The van der Waals surface area contributed by atoms with Crippen LogP contribution in [-0.2, 0) is 9.53 Å². The highest BCUT2D eigenvalue weighted by Crippen LogP contribution is 2.39. The molecule has 0 atom stereocenters. The summed E-state index contributed by atoms with van der Waals surface area (Å²) in [6.07, 6.45) is 2.30. The number of ether oxygens (including phenoxy) is 1. The number of rotatable bonds is 7. The lowest BCUT2D eigenvalue weighted by atomic mass is 9.76. The van der Waals surface area contributed by atoms with Gasteiger partial charge in [-0.3, -0.25) is 4.79 Å². The van der Waals surface area contributed by atoms with Crippen LogP contribution in [0.1, 0.15) is 24.3 Å². The minimum atomic E-state index is -0.419. The molecule has 0 heterocycles. The molecule has 1 aromatic carbocycles. The minimum Gasteiger partial charge on any atom is -0.370 e. The number of hydrogen-bond acceptors (Lipinski definition) is 3. The molecule has 0 unspecified atom stereocenters. The standard InChI is InChI=1S/C14H19BrN2O2/c15-13-4-2-1-3-12(13)10-7-11(8-10)17-5-6-19-9-14(16)18/h1-4,10-11,17H,5-9H2,(H2,16,18). The summed E-state index contributed by atoms with van der Waals surface area (Å²) in [4.78, 5) is 10.5. The van der Waals surface area contributed by atoms with E-state index in [1.54, 1.807) is 0 Å². The van der Waals surface area contributed by atoms with Crippen LogP contribution in [0.2, 0.25) is 0 Å². The lowest BCUT2D eigenvalue weighted by molar-refractivity contribution is -0.122. The van der Waals surface area contributed by atoms with Gasteiger partial charge in [0, 0.05) is 17.1 Å². The van der Waals surface area contributed by atoms with Crippen molar-refractivity contribution in [2.24, 2.45) is 5.73 Å². The predicted octanol–water partition coefficient (Wildman–Crippen LogP) is 1.79. The van der Waals surface area contributed by atoms with Crippen molar-refractivity contribution in [2.45, 2.75) is 24.8 Å². The summed E-state index contributed by atoms with van der Waals surface area (Å²) < 4.78 is 6.30. The molecule has 1 fully saturated rings. The van der Waals surface area contributed by atoms with E-state index >= 15 is 0 Å². The maximum Gasteiger partial charge on any atom is 0.243 e. The third kappa shape index (κ3) is 4.30. The SMILES string of the molecule is NC(=O)COCCNC1CC(c2ccccc2Br)C1. The van der Waals surface area contributed by atoms with Crippen molar-refractivity contribution in [3.63, 3.8) is 0 Å². The molecule has 4 nitrogen and oxygen atoms in total. The molecule has 0 radical (unpaired) electrons. The van der Waals surface area contributed by atoms with Gasteiger partial charge < -0.3 is 15.8 Å². The molecule has 1 amide bonds. The Balaban J connectivity index is 1.62. The summed E-state index contributed by atoms with van der Waals surface area (Å²) in [5.41, 5.74) is 6.37. The van der Waals surface area contributed by atoms with Gasteiger partial charge in [0.05, 0.1) is 6.61 Å². The molecule has 5 heteroatoms. The van der Waals surface area contributed by atoms with E-state index in [0.29, 0.717) is 18.6 Å². The van der Waals surface area contributed by atoms with Gasteiger partial charge in [-0.15, -0.1) is 0 Å². The van der Waals surface area contributed by atoms with E-state index in [-0.39, 0.29) is 6.61 Å². The van der Waals surface area contributed by atoms with E-state index in [1.165, 1.54) is 10.0 Å². The molecule has 1 saturated carbocycles. The zero-order chi connectivity index (χ0) is 13.7. The highest BCUT2D eigenvalue weighted by molar-refractivity contribution is 9.10. The summed E-state index contributed by atoms with van der Waals surface area (Å²) in [7, 11) is 0. The Hall–Kier alpha value is -0.910. The molecular weight excluding hydrogens is 308 g/mol. The van der Waals surface area contributed by atoms with Crippen LogP contribution in [-0.4, -0.2) is 31.7 Å². The van der Waals surface area contributed by atoms with Crippen LogP contribution in [0.4, 0.5) is 0 Å². The number of primary amides is 1. The number of amides is 1. The molecule has 0 bridgehead atoms. The number of carbonyl (C=O) groups excluding carboxylic acids is 1. The fourth-order valence-electron chi connectivity index (χ4n) is 2.35. The number of nitrogens with one attached hydrogen (secondary N) is 1. The normalized spacial score (nSPS) is 21.9. The van der Waals surface area contributed by atoms with Gasteiger partial charge in [-0.25, -0.2) is 0 Å². The average Bonchev–Trinajstić information content (AvgIpc) is 2.32. The average molecular weight is 327 g/mol. The van der Waals surface area contributed by atoms with Crippen molar-refractivity contribution in [3.05, 3.63) is 34.3 Å². The molecule has 1 aliphatic carbocycles. The van der Waals surface area contributed by atoms with Gasteiger partial charge in [-0.05, 0) is 30.4 Å². The Morgan fingerprint density at radius 2 is 2.16 bits per heavy atom. The van der Waals surface area contributed by atoms with Crippen LogP contribution >= 0.6 is 15.9 Å². The molecule has 104 valence electrons. The number of hydrogen-bond donors (Lipinski definition) is 2. The summed E-state index contributed by atoms with van der Waals surface area (Å²) in [5.74, 6) is 0.220. The van der Waals surface area contributed by atoms with Crippen molar-refractivity contribution >= 4 is 21.8 Å². The molecule has 0 aromatic heterocycles. The van der Waals surface area contributed by atoms with E-state index < -0.39 is 5.91 Å². The first-order chi connectivity index (χ1) is 9.16. The molecule has 0 saturated heterocycles. The first kappa shape index (κ1) is 14.5. The Morgan fingerprint density at radius 1 is 1.42 bits per heavy atom. The molecule has 0 aliphatic heterocycles.